The molecule has 4 aliphatic rings. The van der Waals surface area contributed by atoms with Crippen molar-refractivity contribution in [2.24, 2.45) is 0 Å². The minimum atomic E-state index is -5.59. The predicted octanol–water partition coefficient (Wildman–Crippen LogP) is 16.3. The fourth-order valence-electron chi connectivity index (χ4n) is 9.39. The van der Waals surface area contributed by atoms with Gasteiger partial charge in [0.25, 0.3) is 0 Å². The summed E-state index contributed by atoms with van der Waals surface area (Å²) in [5, 5.41) is 4.30. The van der Waals surface area contributed by atoms with Gasteiger partial charge in [-0.05, 0) is 58.8 Å². The van der Waals surface area contributed by atoms with Gasteiger partial charge in [0.15, 0.2) is 0 Å². The van der Waals surface area contributed by atoms with E-state index in [9.17, 15) is 18.4 Å². The Morgan fingerprint density at radius 3 is 1.02 bits per heavy atom. The van der Waals surface area contributed by atoms with Crippen molar-refractivity contribution in [3.05, 3.63) is 44.3 Å². The predicted molar refractivity (Wildman–Crippen MR) is 253 cm³/mol. The van der Waals surface area contributed by atoms with Gasteiger partial charge in [-0.3, -0.25) is 9.59 Å². The highest BCUT2D eigenvalue weighted by Crippen LogP contribution is 2.69. The monoisotopic (exact) mass is 931 g/mol. The molecule has 0 bridgehead atoms. The van der Waals surface area contributed by atoms with Gasteiger partial charge >= 0.3 is 17.8 Å². The first-order valence-electron chi connectivity index (χ1n) is 25.3. The Bertz CT molecular complexity index is 1430. The maximum atomic E-state index is 15.4. The quantitative estimate of drug-likeness (QED) is 0.0485. The van der Waals surface area contributed by atoms with Crippen LogP contribution in [0, 0.1) is 0 Å². The number of amides is 2. The molecule has 2 aliphatic heterocycles. The molecule has 2 N–H and O–H groups in total. The molecular weight excluding hydrogens is 851 g/mol. The van der Waals surface area contributed by atoms with E-state index >= 15 is 17.6 Å². The first-order valence-corrected chi connectivity index (χ1v) is 27.0. The smallest absolute Gasteiger partial charge is 0.356 e. The van der Waals surface area contributed by atoms with E-state index in [2.05, 4.69) is 24.5 Å². The molecule has 360 valence electrons. The fourth-order valence-corrected chi connectivity index (χ4v) is 12.4. The van der Waals surface area contributed by atoms with Gasteiger partial charge in [-0.2, -0.15) is 26.3 Å². The van der Waals surface area contributed by atoms with Crippen molar-refractivity contribution in [2.45, 2.75) is 248 Å². The third kappa shape index (κ3) is 16.2. The van der Waals surface area contributed by atoms with Crippen molar-refractivity contribution in [2.75, 3.05) is 13.1 Å². The number of carbonyl (C=O) groups is 2. The molecule has 2 aliphatic carbocycles. The second-order valence-electron chi connectivity index (χ2n) is 18.6. The molecule has 1 fully saturated rings. The topological polar surface area (TPSA) is 58.2 Å². The summed E-state index contributed by atoms with van der Waals surface area (Å²) in [6, 6.07) is 0. The van der Waals surface area contributed by atoms with Crippen LogP contribution in [0.15, 0.2) is 44.3 Å². The van der Waals surface area contributed by atoms with Crippen molar-refractivity contribution >= 4 is 35.3 Å². The molecule has 1 saturated carbocycles. The normalized spacial score (nSPS) is 20.4. The Morgan fingerprint density at radius 2 is 0.730 bits per heavy atom. The number of unbranched alkanes of at least 4 members (excludes halogenated alkanes) is 26. The van der Waals surface area contributed by atoms with E-state index in [4.69, 9.17) is 0 Å². The van der Waals surface area contributed by atoms with Gasteiger partial charge in [-0.25, -0.2) is 0 Å². The molecule has 0 unspecified atom stereocenters. The summed E-state index contributed by atoms with van der Waals surface area (Å²) in [5.74, 6) is -16.1. The van der Waals surface area contributed by atoms with Crippen LogP contribution >= 0.6 is 23.5 Å². The molecule has 0 saturated heterocycles. The van der Waals surface area contributed by atoms with Crippen LogP contribution < -0.4 is 10.6 Å². The van der Waals surface area contributed by atoms with Crippen LogP contribution in [0.25, 0.3) is 0 Å². The molecule has 0 aromatic rings. The van der Waals surface area contributed by atoms with E-state index in [1.807, 2.05) is 0 Å². The number of thioether (sulfide) groups is 2. The van der Waals surface area contributed by atoms with Gasteiger partial charge in [0.05, 0.1) is 10.5 Å². The molecule has 4 nitrogen and oxygen atoms in total. The average Bonchev–Trinajstić information content (AvgIpc) is 3.91. The maximum absolute atomic E-state index is 15.4. The van der Waals surface area contributed by atoms with Gasteiger partial charge in [0.2, 0.25) is 11.8 Å². The number of hydrogen-bond donors (Lipinski definition) is 2. The number of hydrogen-bond acceptors (Lipinski definition) is 4. The zero-order valence-corrected chi connectivity index (χ0v) is 40.4. The SMILES string of the molecule is CCCCCCCCCCCCCCCCNC(=O)CCC1=CC2=C3C(=C4C=C(CCC(=O)NCCCCCCCCCCCCCCCC)S[C@H]4[C@@H]2S1)C(F)(F)C(F)(F)C3(F)F. The van der Waals surface area contributed by atoms with E-state index in [0.717, 1.165) is 38.5 Å². The minimum absolute atomic E-state index is 0.0817. The second-order valence-corrected chi connectivity index (χ2v) is 21.1. The Morgan fingerprint density at radius 1 is 0.460 bits per heavy atom. The van der Waals surface area contributed by atoms with Crippen molar-refractivity contribution in [1.29, 1.82) is 0 Å². The summed E-state index contributed by atoms with van der Waals surface area (Å²) in [4.78, 5) is 26.5. The lowest BCUT2D eigenvalue weighted by atomic mass is 9.84. The van der Waals surface area contributed by atoms with E-state index in [0.29, 0.717) is 22.9 Å². The first kappa shape index (κ1) is 53.8. The highest BCUT2D eigenvalue weighted by Gasteiger charge is 2.83. The molecule has 0 spiro atoms. The highest BCUT2D eigenvalue weighted by molar-refractivity contribution is 8.08. The molecule has 0 aromatic carbocycles. The number of alkyl halides is 6. The number of halogens is 6. The minimum Gasteiger partial charge on any atom is -0.356 e. The second kappa shape index (κ2) is 28.4. The van der Waals surface area contributed by atoms with Gasteiger partial charge in [-0.1, -0.05) is 181 Å². The number of carbonyl (C=O) groups excluding carboxylic acids is 2. The molecule has 0 aromatic heterocycles. The van der Waals surface area contributed by atoms with Crippen molar-refractivity contribution in [1.82, 2.24) is 10.6 Å². The fraction of sp³-hybridized carbons (Fsp3) is 0.804. The molecule has 2 atom stereocenters. The Labute approximate surface area is 385 Å². The Hall–Kier alpha value is -1.82. The maximum Gasteiger partial charge on any atom is 0.380 e. The summed E-state index contributed by atoms with van der Waals surface area (Å²) in [6.45, 7) is 5.56. The number of fused-ring (bicyclic) bond motifs is 4. The van der Waals surface area contributed by atoms with Crippen LogP contribution in [-0.2, 0) is 9.59 Å². The summed E-state index contributed by atoms with van der Waals surface area (Å²) < 4.78 is 91.7. The van der Waals surface area contributed by atoms with Crippen LogP contribution in [0.3, 0.4) is 0 Å². The molecule has 12 heteroatoms. The largest absolute Gasteiger partial charge is 0.380 e. The van der Waals surface area contributed by atoms with Crippen molar-refractivity contribution in [3.63, 3.8) is 0 Å². The standard InChI is InChI=1S/C51H80F6N2O2S2/c1-3-5-7-9-11-13-15-17-19-21-23-25-27-29-35-58-43(60)33-31-39-37-41-45-46(50(54,55)51(56,57)49(45,52)53)42-38-40(63-48(42)47(41)62-39)32-34-44(61)59-36-30-28-26-24-22-20-18-16-14-12-10-8-6-4-2/h37-38,47-48H,3-36H2,1-2H3,(H,58,60)(H,59,61)/t47-,48-/m1/s1. The van der Waals surface area contributed by atoms with Crippen LogP contribution in [0.5, 0.6) is 0 Å². The molecule has 2 heterocycles. The number of rotatable bonds is 36. The molecular formula is C51H80F6N2O2S2. The molecule has 4 rings (SSSR count). The van der Waals surface area contributed by atoms with Crippen molar-refractivity contribution < 1.29 is 35.9 Å². The molecule has 0 radical (unpaired) electrons. The third-order valence-electron chi connectivity index (χ3n) is 13.2. The van der Waals surface area contributed by atoms with Gasteiger partial charge in [0, 0.05) is 37.1 Å². The van der Waals surface area contributed by atoms with Crippen LogP contribution in [-0.4, -0.2) is 53.2 Å². The molecule has 2 amide bonds. The Balaban J connectivity index is 1.15. The summed E-state index contributed by atoms with van der Waals surface area (Å²) >= 11 is 2.40. The lowest BCUT2D eigenvalue weighted by Crippen LogP contribution is -2.47. The summed E-state index contributed by atoms with van der Waals surface area (Å²) in [7, 11) is 0. The lowest BCUT2D eigenvalue weighted by Gasteiger charge is -2.30. The van der Waals surface area contributed by atoms with Crippen LogP contribution in [0.1, 0.15) is 219 Å². The van der Waals surface area contributed by atoms with E-state index < -0.39 is 39.4 Å². The van der Waals surface area contributed by atoms with Gasteiger partial charge in [-0.15, -0.1) is 23.5 Å². The first-order chi connectivity index (χ1) is 30.4. The average molecular weight is 931 g/mol. The van der Waals surface area contributed by atoms with E-state index in [1.54, 1.807) is 0 Å². The van der Waals surface area contributed by atoms with E-state index in [1.165, 1.54) is 177 Å². The zero-order valence-electron chi connectivity index (χ0n) is 38.8. The summed E-state index contributed by atoms with van der Waals surface area (Å²) in [5.41, 5.74) is -2.95. The lowest BCUT2D eigenvalue weighted by molar-refractivity contribution is -0.258. The third-order valence-corrected chi connectivity index (χ3v) is 16.2. The molecule has 63 heavy (non-hydrogen) atoms. The number of allylic oxidation sites excluding steroid dienone is 6. The van der Waals surface area contributed by atoms with Gasteiger partial charge < -0.3 is 10.6 Å². The van der Waals surface area contributed by atoms with Crippen LogP contribution in [0.2, 0.25) is 0 Å². The van der Waals surface area contributed by atoms with Gasteiger partial charge in [0.1, 0.15) is 0 Å². The van der Waals surface area contributed by atoms with E-state index in [-0.39, 0.29) is 48.6 Å². The van der Waals surface area contributed by atoms with Crippen LogP contribution in [0.4, 0.5) is 26.3 Å². The highest BCUT2D eigenvalue weighted by atomic mass is 32.2. The zero-order chi connectivity index (χ0) is 45.6. The number of nitrogens with one attached hydrogen (secondary N) is 2. The van der Waals surface area contributed by atoms with Crippen molar-refractivity contribution in [3.8, 4) is 0 Å². The summed E-state index contributed by atoms with van der Waals surface area (Å²) in [6.07, 6.45) is 38.0. The Kier molecular flexibility index (Phi) is 24.2.